The first-order valence-electron chi connectivity index (χ1n) is 12.0. The van der Waals surface area contributed by atoms with Crippen molar-refractivity contribution in [2.75, 3.05) is 32.1 Å². The van der Waals surface area contributed by atoms with E-state index in [9.17, 15) is 4.79 Å². The van der Waals surface area contributed by atoms with Crippen LogP contribution in [0.25, 0.3) is 0 Å². The zero-order valence-electron chi connectivity index (χ0n) is 19.4. The third kappa shape index (κ3) is 5.09. The molecule has 4 rings (SSSR count). The van der Waals surface area contributed by atoms with Gasteiger partial charge in [-0.3, -0.25) is 9.69 Å². The zero-order valence-corrected chi connectivity index (χ0v) is 19.4. The van der Waals surface area contributed by atoms with Crippen molar-refractivity contribution in [1.29, 1.82) is 0 Å². The number of carbonyl (C=O) groups excluding carboxylic acids is 1. The van der Waals surface area contributed by atoms with Gasteiger partial charge in [0.25, 0.3) is 0 Å². The van der Waals surface area contributed by atoms with Crippen molar-refractivity contribution in [3.63, 3.8) is 0 Å². The molecule has 1 aliphatic heterocycles. The minimum atomic E-state index is -0.466. The summed E-state index contributed by atoms with van der Waals surface area (Å²) in [5, 5.41) is 3.16. The highest BCUT2D eigenvalue weighted by atomic mass is 16.5. The molecule has 1 heterocycles. The Morgan fingerprint density at radius 3 is 2.34 bits per heavy atom. The van der Waals surface area contributed by atoms with E-state index in [4.69, 9.17) is 9.47 Å². The van der Waals surface area contributed by atoms with Gasteiger partial charge in [0, 0.05) is 18.3 Å². The molecule has 1 aliphatic carbocycles. The summed E-state index contributed by atoms with van der Waals surface area (Å²) in [6, 6.07) is 16.4. The van der Waals surface area contributed by atoms with Crippen LogP contribution in [0.5, 0.6) is 11.5 Å². The second kappa shape index (κ2) is 10.4. The summed E-state index contributed by atoms with van der Waals surface area (Å²) in [5.41, 5.74) is 1.42. The number of ether oxygens (including phenoxy) is 2. The normalized spacial score (nSPS) is 20.6. The van der Waals surface area contributed by atoms with Crippen molar-refractivity contribution in [3.05, 3.63) is 54.1 Å². The first-order valence-corrected chi connectivity index (χ1v) is 12.0. The summed E-state index contributed by atoms with van der Waals surface area (Å²) in [6.45, 7) is 5.13. The van der Waals surface area contributed by atoms with Crippen LogP contribution >= 0.6 is 0 Å². The maximum absolute atomic E-state index is 13.4. The number of anilines is 1. The number of piperidine rings is 1. The van der Waals surface area contributed by atoms with Gasteiger partial charge in [-0.1, -0.05) is 31.4 Å². The van der Waals surface area contributed by atoms with E-state index < -0.39 is 5.41 Å². The maximum atomic E-state index is 13.4. The molecule has 1 saturated carbocycles. The average molecular weight is 437 g/mol. The SMILES string of the molecule is COc1ccc(C2(C(=O)Nc3ccc(OCCN4CCCCC4C)cc3)CCCC2)cc1. The lowest BCUT2D eigenvalue weighted by molar-refractivity contribution is -0.121. The van der Waals surface area contributed by atoms with E-state index >= 15 is 0 Å². The lowest BCUT2D eigenvalue weighted by Crippen LogP contribution is -2.39. The number of methoxy groups -OCH3 is 1. The van der Waals surface area contributed by atoms with Gasteiger partial charge in [0.2, 0.25) is 5.91 Å². The van der Waals surface area contributed by atoms with Crippen LogP contribution in [-0.4, -0.2) is 43.7 Å². The largest absolute Gasteiger partial charge is 0.497 e. The van der Waals surface area contributed by atoms with Crippen LogP contribution in [0.2, 0.25) is 0 Å². The third-order valence-electron chi connectivity index (χ3n) is 7.23. The molecule has 2 aromatic rings. The number of benzene rings is 2. The fraction of sp³-hybridized carbons (Fsp3) is 0.519. The molecule has 0 bridgehead atoms. The van der Waals surface area contributed by atoms with Crippen LogP contribution in [0, 0.1) is 0 Å². The van der Waals surface area contributed by atoms with Crippen LogP contribution in [-0.2, 0) is 10.2 Å². The zero-order chi connectivity index (χ0) is 22.4. The Bertz CT molecular complexity index is 873. The van der Waals surface area contributed by atoms with Gasteiger partial charge in [-0.2, -0.15) is 0 Å². The Kier molecular flexibility index (Phi) is 7.36. The van der Waals surface area contributed by atoms with Crippen LogP contribution < -0.4 is 14.8 Å². The molecule has 5 nitrogen and oxygen atoms in total. The molecule has 32 heavy (non-hydrogen) atoms. The highest BCUT2D eigenvalue weighted by molar-refractivity contribution is 5.99. The van der Waals surface area contributed by atoms with Gasteiger partial charge in [0.1, 0.15) is 18.1 Å². The number of amides is 1. The highest BCUT2D eigenvalue weighted by Gasteiger charge is 2.42. The fourth-order valence-corrected chi connectivity index (χ4v) is 5.19. The summed E-state index contributed by atoms with van der Waals surface area (Å²) in [7, 11) is 1.66. The average Bonchev–Trinajstić information content (AvgIpc) is 3.33. The van der Waals surface area contributed by atoms with Crippen LogP contribution in [0.1, 0.15) is 57.4 Å². The molecule has 2 aromatic carbocycles. The van der Waals surface area contributed by atoms with E-state index in [1.54, 1.807) is 7.11 Å². The summed E-state index contributed by atoms with van der Waals surface area (Å²) >= 11 is 0. The van der Waals surface area contributed by atoms with Gasteiger partial charge < -0.3 is 14.8 Å². The van der Waals surface area contributed by atoms with Crippen molar-refractivity contribution in [2.24, 2.45) is 0 Å². The molecule has 172 valence electrons. The Balaban J connectivity index is 1.35. The van der Waals surface area contributed by atoms with Gasteiger partial charge >= 0.3 is 0 Å². The number of likely N-dealkylation sites (tertiary alicyclic amines) is 1. The van der Waals surface area contributed by atoms with Gasteiger partial charge in [0.15, 0.2) is 0 Å². The highest BCUT2D eigenvalue weighted by Crippen LogP contribution is 2.42. The summed E-state index contributed by atoms with van der Waals surface area (Å²) < 4.78 is 11.2. The molecule has 2 fully saturated rings. The van der Waals surface area contributed by atoms with Crippen molar-refractivity contribution < 1.29 is 14.3 Å². The first-order chi connectivity index (χ1) is 15.6. The molecule has 1 amide bonds. The van der Waals surface area contributed by atoms with Crippen molar-refractivity contribution >= 4 is 11.6 Å². The van der Waals surface area contributed by atoms with Crippen molar-refractivity contribution in [3.8, 4) is 11.5 Å². The first kappa shape index (κ1) is 22.7. The number of nitrogens with one attached hydrogen (secondary N) is 1. The van der Waals surface area contributed by atoms with E-state index in [0.29, 0.717) is 12.6 Å². The predicted molar refractivity (Wildman–Crippen MR) is 129 cm³/mol. The molecule has 0 spiro atoms. The molecule has 0 radical (unpaired) electrons. The molecule has 1 unspecified atom stereocenters. The minimum Gasteiger partial charge on any atom is -0.497 e. The molecule has 5 heteroatoms. The van der Waals surface area contributed by atoms with E-state index in [-0.39, 0.29) is 5.91 Å². The van der Waals surface area contributed by atoms with Gasteiger partial charge in [-0.05, 0) is 81.1 Å². The molecular weight excluding hydrogens is 400 g/mol. The van der Waals surface area contributed by atoms with Crippen molar-refractivity contribution in [1.82, 2.24) is 4.90 Å². The van der Waals surface area contributed by atoms with Crippen LogP contribution in [0.15, 0.2) is 48.5 Å². The second-order valence-electron chi connectivity index (χ2n) is 9.23. The monoisotopic (exact) mass is 436 g/mol. The Hall–Kier alpha value is -2.53. The molecule has 1 N–H and O–H groups in total. The summed E-state index contributed by atoms with van der Waals surface area (Å²) in [6.07, 6.45) is 7.81. The Morgan fingerprint density at radius 1 is 1.00 bits per heavy atom. The Labute approximate surface area is 192 Å². The number of carbonyl (C=O) groups is 1. The fourth-order valence-electron chi connectivity index (χ4n) is 5.19. The van der Waals surface area contributed by atoms with Gasteiger partial charge in [0.05, 0.1) is 12.5 Å². The molecule has 1 atom stereocenters. The number of rotatable bonds is 8. The van der Waals surface area contributed by atoms with E-state index in [1.165, 1.54) is 25.8 Å². The lowest BCUT2D eigenvalue weighted by Gasteiger charge is -2.33. The molecular formula is C27H36N2O3. The quantitative estimate of drug-likeness (QED) is 0.602. The molecule has 0 aromatic heterocycles. The van der Waals surface area contributed by atoms with Crippen molar-refractivity contribution in [2.45, 2.75) is 63.3 Å². The third-order valence-corrected chi connectivity index (χ3v) is 7.23. The van der Waals surface area contributed by atoms with E-state index in [1.807, 2.05) is 48.5 Å². The smallest absolute Gasteiger partial charge is 0.235 e. The van der Waals surface area contributed by atoms with Crippen LogP contribution in [0.4, 0.5) is 5.69 Å². The number of hydrogen-bond acceptors (Lipinski definition) is 4. The van der Waals surface area contributed by atoms with E-state index in [2.05, 4.69) is 17.1 Å². The van der Waals surface area contributed by atoms with Crippen LogP contribution in [0.3, 0.4) is 0 Å². The topological polar surface area (TPSA) is 50.8 Å². The van der Waals surface area contributed by atoms with Gasteiger partial charge in [-0.15, -0.1) is 0 Å². The minimum absolute atomic E-state index is 0.0768. The summed E-state index contributed by atoms with van der Waals surface area (Å²) in [4.78, 5) is 15.9. The standard InChI is InChI=1S/C27H36N2O3/c1-21-7-3-6-18-29(21)19-20-32-25-14-10-23(11-15-25)28-26(30)27(16-4-5-17-27)22-8-12-24(31-2)13-9-22/h8-15,21H,3-7,16-20H2,1-2H3,(H,28,30). The second-order valence-corrected chi connectivity index (χ2v) is 9.23. The van der Waals surface area contributed by atoms with Gasteiger partial charge in [-0.25, -0.2) is 0 Å². The lowest BCUT2D eigenvalue weighted by atomic mass is 9.78. The predicted octanol–water partition coefficient (Wildman–Crippen LogP) is 5.40. The maximum Gasteiger partial charge on any atom is 0.235 e. The Morgan fingerprint density at radius 2 is 1.69 bits per heavy atom. The molecule has 2 aliphatic rings. The number of hydrogen-bond donors (Lipinski definition) is 1. The molecule has 1 saturated heterocycles. The van der Waals surface area contributed by atoms with E-state index in [0.717, 1.165) is 55.0 Å². The summed E-state index contributed by atoms with van der Waals surface area (Å²) in [5.74, 6) is 1.74. The number of nitrogens with zero attached hydrogens (tertiary/aromatic N) is 1.